The van der Waals surface area contributed by atoms with Crippen LogP contribution in [0.5, 0.6) is 0 Å². The van der Waals surface area contributed by atoms with Gasteiger partial charge >= 0.3 is 0 Å². The van der Waals surface area contributed by atoms with Gasteiger partial charge in [-0.2, -0.15) is 4.98 Å². The van der Waals surface area contributed by atoms with Gasteiger partial charge in [-0.25, -0.2) is 0 Å². The van der Waals surface area contributed by atoms with Crippen molar-refractivity contribution in [1.82, 2.24) is 29.9 Å². The normalized spacial score (nSPS) is 12.5. The van der Waals surface area contributed by atoms with E-state index < -0.39 is 0 Å². The van der Waals surface area contributed by atoms with Crippen LogP contribution in [0.4, 0.5) is 5.82 Å². The van der Waals surface area contributed by atoms with Gasteiger partial charge in [-0.1, -0.05) is 11.6 Å². The Morgan fingerprint density at radius 3 is 2.71 bits per heavy atom. The van der Waals surface area contributed by atoms with Gasteiger partial charge < -0.3 is 9.88 Å². The van der Waals surface area contributed by atoms with E-state index in [9.17, 15) is 0 Å². The zero-order valence-electron chi connectivity index (χ0n) is 9.09. The number of aryl methyl sites for hydroxylation is 1. The summed E-state index contributed by atoms with van der Waals surface area (Å²) >= 11 is 11.5. The SMILES string of the molecule is CC(Nc1nc(Cl)nnc1Cl)c1nncn1C. The summed E-state index contributed by atoms with van der Waals surface area (Å²) in [5, 5.41) is 18.2. The average molecular weight is 274 g/mol. The van der Waals surface area contributed by atoms with E-state index >= 15 is 0 Å². The highest BCUT2D eigenvalue weighted by atomic mass is 35.5. The quantitative estimate of drug-likeness (QED) is 0.912. The molecule has 0 aliphatic heterocycles. The molecule has 2 heterocycles. The van der Waals surface area contributed by atoms with Gasteiger partial charge in [-0.3, -0.25) is 0 Å². The molecule has 2 rings (SSSR count). The second-order valence-corrected chi connectivity index (χ2v) is 4.08. The molecule has 0 saturated heterocycles. The topological polar surface area (TPSA) is 81.4 Å². The number of aromatic nitrogens is 6. The van der Waals surface area contributed by atoms with Crippen molar-refractivity contribution in [2.75, 3.05) is 5.32 Å². The fourth-order valence-corrected chi connectivity index (χ4v) is 1.60. The Morgan fingerprint density at radius 1 is 1.29 bits per heavy atom. The Balaban J connectivity index is 2.21. The molecule has 1 unspecified atom stereocenters. The molecule has 0 bridgehead atoms. The third kappa shape index (κ3) is 2.62. The second kappa shape index (κ2) is 4.80. The van der Waals surface area contributed by atoms with Crippen LogP contribution in [0.3, 0.4) is 0 Å². The van der Waals surface area contributed by atoms with Gasteiger partial charge in [0.2, 0.25) is 5.28 Å². The summed E-state index contributed by atoms with van der Waals surface area (Å²) < 4.78 is 1.79. The number of hydrogen-bond donors (Lipinski definition) is 1. The number of hydrogen-bond acceptors (Lipinski definition) is 6. The van der Waals surface area contributed by atoms with Crippen LogP contribution in [-0.2, 0) is 7.05 Å². The van der Waals surface area contributed by atoms with E-state index in [-0.39, 0.29) is 16.5 Å². The van der Waals surface area contributed by atoms with Crippen LogP contribution < -0.4 is 5.32 Å². The average Bonchev–Trinajstić information content (AvgIpc) is 2.70. The van der Waals surface area contributed by atoms with Crippen molar-refractivity contribution in [2.24, 2.45) is 7.05 Å². The van der Waals surface area contributed by atoms with Crippen LogP contribution in [0, 0.1) is 0 Å². The molecule has 0 amide bonds. The molecular formula is C8H9Cl2N7. The maximum Gasteiger partial charge on any atom is 0.245 e. The molecule has 0 radical (unpaired) electrons. The fraction of sp³-hybridized carbons (Fsp3) is 0.375. The van der Waals surface area contributed by atoms with Gasteiger partial charge in [0.15, 0.2) is 16.8 Å². The van der Waals surface area contributed by atoms with Crippen LogP contribution in [-0.4, -0.2) is 29.9 Å². The Kier molecular flexibility index (Phi) is 3.39. The second-order valence-electron chi connectivity index (χ2n) is 3.39. The summed E-state index contributed by atoms with van der Waals surface area (Å²) in [6.45, 7) is 1.90. The van der Waals surface area contributed by atoms with Crippen molar-refractivity contribution in [3.8, 4) is 0 Å². The van der Waals surface area contributed by atoms with Crippen LogP contribution in [0.1, 0.15) is 18.8 Å². The van der Waals surface area contributed by atoms with E-state index in [1.54, 1.807) is 10.9 Å². The largest absolute Gasteiger partial charge is 0.358 e. The van der Waals surface area contributed by atoms with E-state index in [4.69, 9.17) is 23.2 Å². The molecule has 9 heteroatoms. The standard InChI is InChI=1S/C8H9Cl2N7/c1-4(7-15-11-3-17(7)2)12-6-5(9)14-16-8(10)13-6/h3-4H,1-2H3,(H,12,13,16). The van der Waals surface area contributed by atoms with Crippen LogP contribution in [0.25, 0.3) is 0 Å². The minimum atomic E-state index is -0.132. The van der Waals surface area contributed by atoms with Crippen molar-refractivity contribution in [3.05, 3.63) is 22.6 Å². The van der Waals surface area contributed by atoms with Gasteiger partial charge in [0.05, 0.1) is 6.04 Å². The van der Waals surface area contributed by atoms with Gasteiger partial charge in [-0.05, 0) is 18.5 Å². The Hall–Kier alpha value is -1.47. The highest BCUT2D eigenvalue weighted by Gasteiger charge is 2.14. The van der Waals surface area contributed by atoms with Crippen molar-refractivity contribution in [3.63, 3.8) is 0 Å². The maximum absolute atomic E-state index is 5.84. The molecule has 0 aromatic carbocycles. The first kappa shape index (κ1) is 12.0. The summed E-state index contributed by atoms with van der Waals surface area (Å²) in [6, 6.07) is -0.132. The Morgan fingerprint density at radius 2 is 2.06 bits per heavy atom. The van der Waals surface area contributed by atoms with Crippen molar-refractivity contribution in [1.29, 1.82) is 0 Å². The van der Waals surface area contributed by atoms with Crippen molar-refractivity contribution < 1.29 is 0 Å². The van der Waals surface area contributed by atoms with Crippen LogP contribution >= 0.6 is 23.2 Å². The molecule has 0 saturated carbocycles. The highest BCUT2D eigenvalue weighted by molar-refractivity contribution is 6.32. The van der Waals surface area contributed by atoms with Gasteiger partial charge in [-0.15, -0.1) is 20.4 Å². The maximum atomic E-state index is 5.84. The molecular weight excluding hydrogens is 265 g/mol. The molecule has 2 aromatic heterocycles. The van der Waals surface area contributed by atoms with Gasteiger partial charge in [0.1, 0.15) is 6.33 Å². The lowest BCUT2D eigenvalue weighted by Gasteiger charge is -2.13. The highest BCUT2D eigenvalue weighted by Crippen LogP contribution is 2.21. The molecule has 0 aliphatic carbocycles. The smallest absolute Gasteiger partial charge is 0.245 e. The van der Waals surface area contributed by atoms with E-state index in [2.05, 4.69) is 30.7 Å². The molecule has 1 N–H and O–H groups in total. The van der Waals surface area contributed by atoms with E-state index in [1.165, 1.54) is 0 Å². The Labute approximate surface area is 107 Å². The Bertz CT molecular complexity index is 526. The molecule has 0 aliphatic rings. The molecule has 17 heavy (non-hydrogen) atoms. The van der Waals surface area contributed by atoms with E-state index in [0.29, 0.717) is 5.82 Å². The summed E-state index contributed by atoms with van der Waals surface area (Å²) in [5.41, 5.74) is 0. The summed E-state index contributed by atoms with van der Waals surface area (Å²) in [4.78, 5) is 3.94. The number of anilines is 1. The lowest BCUT2D eigenvalue weighted by Crippen LogP contribution is -2.13. The molecule has 2 aromatic rings. The first-order valence-corrected chi connectivity index (χ1v) is 5.49. The lowest BCUT2D eigenvalue weighted by molar-refractivity contribution is 0.714. The summed E-state index contributed by atoms with van der Waals surface area (Å²) in [5.74, 6) is 1.11. The monoisotopic (exact) mass is 273 g/mol. The molecule has 0 fully saturated rings. The number of nitrogens with one attached hydrogen (secondary N) is 1. The zero-order chi connectivity index (χ0) is 12.4. The molecule has 0 spiro atoms. The van der Waals surface area contributed by atoms with E-state index in [0.717, 1.165) is 5.82 Å². The summed E-state index contributed by atoms with van der Waals surface area (Å²) in [7, 11) is 1.85. The number of nitrogens with zero attached hydrogens (tertiary/aromatic N) is 6. The molecule has 90 valence electrons. The third-order valence-corrected chi connectivity index (χ3v) is 2.52. The van der Waals surface area contributed by atoms with Crippen molar-refractivity contribution in [2.45, 2.75) is 13.0 Å². The first-order valence-electron chi connectivity index (χ1n) is 4.74. The summed E-state index contributed by atoms with van der Waals surface area (Å²) in [6.07, 6.45) is 1.61. The van der Waals surface area contributed by atoms with Gasteiger partial charge in [0, 0.05) is 7.05 Å². The number of rotatable bonds is 3. The third-order valence-electron chi connectivity index (χ3n) is 2.11. The first-order chi connectivity index (χ1) is 8.08. The van der Waals surface area contributed by atoms with Gasteiger partial charge in [0.25, 0.3) is 0 Å². The lowest BCUT2D eigenvalue weighted by atomic mass is 10.3. The van der Waals surface area contributed by atoms with Crippen molar-refractivity contribution >= 4 is 29.0 Å². The number of halogens is 2. The molecule has 1 atom stereocenters. The van der Waals surface area contributed by atoms with Crippen LogP contribution in [0.2, 0.25) is 10.4 Å². The molecule has 7 nitrogen and oxygen atoms in total. The predicted molar refractivity (Wildman–Crippen MR) is 62.9 cm³/mol. The van der Waals surface area contributed by atoms with E-state index in [1.807, 2.05) is 14.0 Å². The zero-order valence-corrected chi connectivity index (χ0v) is 10.6. The predicted octanol–water partition coefficient (Wildman–Crippen LogP) is 1.48. The van der Waals surface area contributed by atoms with Crippen LogP contribution in [0.15, 0.2) is 6.33 Å². The fourth-order valence-electron chi connectivity index (χ4n) is 1.34. The minimum absolute atomic E-state index is 0.0297. The minimum Gasteiger partial charge on any atom is -0.358 e.